The quantitative estimate of drug-likeness (QED) is 0.591. The Kier molecular flexibility index (Phi) is 4.18. The Morgan fingerprint density at radius 2 is 2.08 bits per heavy atom. The van der Waals surface area contributed by atoms with Crippen molar-refractivity contribution < 1.29 is 13.9 Å². The lowest BCUT2D eigenvalue weighted by Gasteiger charge is -2.01. The summed E-state index contributed by atoms with van der Waals surface area (Å²) in [4.78, 5) is 12.7. The molecule has 0 radical (unpaired) electrons. The number of aryl methyl sites for hydroxylation is 1. The van der Waals surface area contributed by atoms with Crippen LogP contribution in [-0.2, 0) is 11.3 Å². The molecule has 0 spiro atoms. The highest BCUT2D eigenvalue weighted by Crippen LogP contribution is 2.32. The van der Waals surface area contributed by atoms with Gasteiger partial charge in [-0.1, -0.05) is 36.4 Å². The number of carbonyl (C=O) groups is 1. The van der Waals surface area contributed by atoms with E-state index in [0.717, 1.165) is 27.3 Å². The first-order valence-corrected chi connectivity index (χ1v) is 8.41. The number of rotatable bonds is 5. The van der Waals surface area contributed by atoms with Crippen LogP contribution in [0.1, 0.15) is 16.1 Å². The molecule has 0 fully saturated rings. The molecule has 0 aliphatic heterocycles. The van der Waals surface area contributed by atoms with E-state index in [1.165, 1.54) is 0 Å². The first-order chi connectivity index (χ1) is 12.7. The number of amides is 1. The molecule has 6 heteroatoms. The van der Waals surface area contributed by atoms with Crippen molar-refractivity contribution in [3.05, 3.63) is 60.1 Å². The van der Waals surface area contributed by atoms with E-state index in [2.05, 4.69) is 10.4 Å². The summed E-state index contributed by atoms with van der Waals surface area (Å²) in [6, 6.07) is 12.0. The molecule has 0 saturated heterocycles. The summed E-state index contributed by atoms with van der Waals surface area (Å²) < 4.78 is 12.7. The molecule has 2 aromatic heterocycles. The lowest BCUT2D eigenvalue weighted by Crippen LogP contribution is -2.11. The molecule has 4 rings (SSSR count). The van der Waals surface area contributed by atoms with Crippen LogP contribution in [0.5, 0.6) is 0 Å². The first kappa shape index (κ1) is 16.4. The van der Waals surface area contributed by atoms with Gasteiger partial charge in [-0.05, 0) is 12.3 Å². The number of fused-ring (bicyclic) bond motifs is 3. The summed E-state index contributed by atoms with van der Waals surface area (Å²) in [7, 11) is 1.64. The molecule has 1 amide bonds. The van der Waals surface area contributed by atoms with Gasteiger partial charge in [0.25, 0.3) is 5.91 Å². The molecule has 0 unspecified atom stereocenters. The second-order valence-corrected chi connectivity index (χ2v) is 6.16. The third-order valence-electron chi connectivity index (χ3n) is 4.45. The average molecular weight is 349 g/mol. The van der Waals surface area contributed by atoms with Crippen molar-refractivity contribution in [3.63, 3.8) is 0 Å². The highest BCUT2D eigenvalue weighted by molar-refractivity contribution is 6.11. The minimum Gasteiger partial charge on any atom is -0.450 e. The summed E-state index contributed by atoms with van der Waals surface area (Å²) in [6.45, 7) is 3.09. The van der Waals surface area contributed by atoms with E-state index >= 15 is 0 Å². The number of hydrogen-bond acceptors (Lipinski definition) is 4. The molecule has 0 aliphatic rings. The van der Waals surface area contributed by atoms with Gasteiger partial charge < -0.3 is 14.5 Å². The normalized spacial score (nSPS) is 11.3. The van der Waals surface area contributed by atoms with Gasteiger partial charge in [-0.2, -0.15) is 5.10 Å². The van der Waals surface area contributed by atoms with Crippen molar-refractivity contribution in [1.82, 2.24) is 9.78 Å². The van der Waals surface area contributed by atoms with Crippen LogP contribution in [0.15, 0.2) is 53.2 Å². The zero-order valence-electron chi connectivity index (χ0n) is 14.7. The third kappa shape index (κ3) is 2.84. The van der Waals surface area contributed by atoms with Gasteiger partial charge in [-0.15, -0.1) is 0 Å². The number of benzene rings is 2. The Morgan fingerprint density at radius 1 is 1.23 bits per heavy atom. The summed E-state index contributed by atoms with van der Waals surface area (Å²) in [6.07, 6.45) is 3.38. The number of aromatic nitrogens is 2. The number of carbonyl (C=O) groups excluding carboxylic acids is 1. The number of anilines is 1. The number of hydrogen-bond donors (Lipinski definition) is 1. The van der Waals surface area contributed by atoms with Gasteiger partial charge in [-0.25, -0.2) is 0 Å². The molecule has 132 valence electrons. The SMILES string of the molecule is COCCn1cc(NC(=O)c2oc3c(ccc4ccccc43)c2C)cn1. The van der Waals surface area contributed by atoms with E-state index in [0.29, 0.717) is 24.6 Å². The molecule has 6 nitrogen and oxygen atoms in total. The predicted molar refractivity (Wildman–Crippen MR) is 101 cm³/mol. The molecule has 2 aromatic carbocycles. The van der Waals surface area contributed by atoms with Crippen LogP contribution >= 0.6 is 0 Å². The van der Waals surface area contributed by atoms with Crippen molar-refractivity contribution in [2.75, 3.05) is 19.0 Å². The number of methoxy groups -OCH3 is 1. The Balaban J connectivity index is 1.65. The van der Waals surface area contributed by atoms with Gasteiger partial charge in [0.1, 0.15) is 5.58 Å². The van der Waals surface area contributed by atoms with Crippen LogP contribution in [0.25, 0.3) is 21.7 Å². The van der Waals surface area contributed by atoms with Crippen molar-refractivity contribution in [2.24, 2.45) is 0 Å². The van der Waals surface area contributed by atoms with Crippen molar-refractivity contribution >= 4 is 33.3 Å². The monoisotopic (exact) mass is 349 g/mol. The van der Waals surface area contributed by atoms with E-state index in [1.807, 2.05) is 43.3 Å². The molecular weight excluding hydrogens is 330 g/mol. The van der Waals surface area contributed by atoms with Crippen LogP contribution in [0.3, 0.4) is 0 Å². The number of nitrogens with one attached hydrogen (secondary N) is 1. The number of ether oxygens (including phenoxy) is 1. The van der Waals surface area contributed by atoms with E-state index in [9.17, 15) is 4.79 Å². The van der Waals surface area contributed by atoms with Gasteiger partial charge in [-0.3, -0.25) is 9.48 Å². The fraction of sp³-hybridized carbons (Fsp3) is 0.200. The highest BCUT2D eigenvalue weighted by Gasteiger charge is 2.19. The fourth-order valence-electron chi connectivity index (χ4n) is 3.09. The Hall–Kier alpha value is -3.12. The highest BCUT2D eigenvalue weighted by atomic mass is 16.5. The van der Waals surface area contributed by atoms with Crippen LogP contribution < -0.4 is 5.32 Å². The third-order valence-corrected chi connectivity index (χ3v) is 4.45. The Labute approximate surface area is 150 Å². The molecule has 4 aromatic rings. The summed E-state index contributed by atoms with van der Waals surface area (Å²) in [5.74, 6) is 0.0371. The summed E-state index contributed by atoms with van der Waals surface area (Å²) in [5.41, 5.74) is 2.19. The lowest BCUT2D eigenvalue weighted by molar-refractivity contribution is 0.0998. The first-order valence-electron chi connectivity index (χ1n) is 8.41. The van der Waals surface area contributed by atoms with E-state index in [1.54, 1.807) is 24.2 Å². The van der Waals surface area contributed by atoms with Crippen molar-refractivity contribution in [1.29, 1.82) is 0 Å². The van der Waals surface area contributed by atoms with Gasteiger partial charge in [0.15, 0.2) is 5.76 Å². The van der Waals surface area contributed by atoms with E-state index in [4.69, 9.17) is 9.15 Å². The van der Waals surface area contributed by atoms with Crippen LogP contribution in [0.4, 0.5) is 5.69 Å². The molecule has 0 atom stereocenters. The van der Waals surface area contributed by atoms with Gasteiger partial charge >= 0.3 is 0 Å². The molecule has 0 aliphatic carbocycles. The maximum Gasteiger partial charge on any atom is 0.291 e. The average Bonchev–Trinajstić information content (AvgIpc) is 3.24. The van der Waals surface area contributed by atoms with E-state index < -0.39 is 0 Å². The zero-order valence-corrected chi connectivity index (χ0v) is 14.7. The Morgan fingerprint density at radius 3 is 2.92 bits per heavy atom. The molecule has 2 heterocycles. The minimum atomic E-state index is -0.283. The van der Waals surface area contributed by atoms with Crippen LogP contribution in [0.2, 0.25) is 0 Å². The lowest BCUT2D eigenvalue weighted by atomic mass is 10.1. The van der Waals surface area contributed by atoms with E-state index in [-0.39, 0.29) is 5.91 Å². The molecule has 0 saturated carbocycles. The maximum atomic E-state index is 12.7. The van der Waals surface area contributed by atoms with Crippen LogP contribution in [0, 0.1) is 6.92 Å². The topological polar surface area (TPSA) is 69.3 Å². The second-order valence-electron chi connectivity index (χ2n) is 6.16. The van der Waals surface area contributed by atoms with Crippen molar-refractivity contribution in [2.45, 2.75) is 13.5 Å². The summed E-state index contributed by atoms with van der Waals surface area (Å²) >= 11 is 0. The largest absolute Gasteiger partial charge is 0.450 e. The van der Waals surface area contributed by atoms with Crippen molar-refractivity contribution in [3.8, 4) is 0 Å². The predicted octanol–water partition coefficient (Wildman–Crippen LogP) is 3.99. The summed E-state index contributed by atoms with van der Waals surface area (Å²) in [5, 5.41) is 10.1. The molecular formula is C20H19N3O3. The molecule has 26 heavy (non-hydrogen) atoms. The zero-order chi connectivity index (χ0) is 18.1. The van der Waals surface area contributed by atoms with Gasteiger partial charge in [0, 0.05) is 29.6 Å². The minimum absolute atomic E-state index is 0.283. The fourth-order valence-corrected chi connectivity index (χ4v) is 3.09. The molecule has 0 bridgehead atoms. The molecule has 1 N–H and O–H groups in total. The second kappa shape index (κ2) is 6.65. The standard InChI is InChI=1S/C20H19N3O3/c1-13-16-8-7-14-5-3-4-6-17(14)19(16)26-18(13)20(24)22-15-11-21-23(12-15)9-10-25-2/h3-8,11-12H,9-10H2,1-2H3,(H,22,24). The maximum absolute atomic E-state index is 12.7. The Bertz CT molecular complexity index is 1090. The van der Waals surface area contributed by atoms with Gasteiger partial charge in [0.2, 0.25) is 0 Å². The van der Waals surface area contributed by atoms with Gasteiger partial charge in [0.05, 0.1) is 25.0 Å². The van der Waals surface area contributed by atoms with Crippen LogP contribution in [-0.4, -0.2) is 29.4 Å². The smallest absolute Gasteiger partial charge is 0.291 e. The number of furan rings is 1. The number of nitrogens with zero attached hydrogens (tertiary/aromatic N) is 2.